The van der Waals surface area contributed by atoms with Gasteiger partial charge in [0.05, 0.1) is 25.2 Å². The van der Waals surface area contributed by atoms with Crippen molar-refractivity contribution >= 4 is 11.8 Å². The highest BCUT2D eigenvalue weighted by molar-refractivity contribution is 5.76. The topological polar surface area (TPSA) is 87.7 Å². The first kappa shape index (κ1) is 19.3. The van der Waals surface area contributed by atoms with Gasteiger partial charge in [-0.25, -0.2) is 4.39 Å². The van der Waals surface area contributed by atoms with Gasteiger partial charge in [0.15, 0.2) is 0 Å². The van der Waals surface area contributed by atoms with E-state index in [0.29, 0.717) is 24.8 Å². The van der Waals surface area contributed by atoms with Crippen LogP contribution in [0, 0.1) is 5.82 Å². The number of hydrogen-bond acceptors (Lipinski definition) is 4. The van der Waals surface area contributed by atoms with Crippen molar-refractivity contribution in [3.8, 4) is 0 Å². The Morgan fingerprint density at radius 2 is 2.04 bits per heavy atom. The second-order valence-electron chi connectivity index (χ2n) is 6.16. The second kappa shape index (κ2) is 9.48. The van der Waals surface area contributed by atoms with Crippen molar-refractivity contribution in [2.75, 3.05) is 6.61 Å². The maximum absolute atomic E-state index is 13.5. The molecule has 1 aliphatic heterocycles. The molecule has 1 fully saturated rings. The lowest BCUT2D eigenvalue weighted by Gasteiger charge is -2.36. The molecule has 2 rings (SSSR count). The summed E-state index contributed by atoms with van der Waals surface area (Å²) < 4.78 is 19.3. The number of carbonyl (C=O) groups is 2. The van der Waals surface area contributed by atoms with Gasteiger partial charge >= 0.3 is 0 Å². The molecule has 7 heteroatoms. The van der Waals surface area contributed by atoms with Crippen molar-refractivity contribution in [3.05, 3.63) is 35.6 Å². The van der Waals surface area contributed by atoms with Gasteiger partial charge in [0.1, 0.15) is 11.9 Å². The molecule has 6 nitrogen and oxygen atoms in total. The van der Waals surface area contributed by atoms with Crippen molar-refractivity contribution in [1.82, 2.24) is 10.6 Å². The van der Waals surface area contributed by atoms with Crippen LogP contribution in [0.3, 0.4) is 0 Å². The highest BCUT2D eigenvalue weighted by atomic mass is 19.1. The third-order valence-electron chi connectivity index (χ3n) is 4.31. The molecule has 0 bridgehead atoms. The van der Waals surface area contributed by atoms with Crippen LogP contribution in [0.4, 0.5) is 4.39 Å². The number of amides is 2. The first-order valence-corrected chi connectivity index (χ1v) is 8.59. The van der Waals surface area contributed by atoms with Gasteiger partial charge in [0, 0.05) is 18.5 Å². The van der Waals surface area contributed by atoms with Crippen LogP contribution in [-0.2, 0) is 20.9 Å². The van der Waals surface area contributed by atoms with Crippen LogP contribution < -0.4 is 10.6 Å². The fourth-order valence-electron chi connectivity index (χ4n) is 2.87. The normalized spacial score (nSPS) is 23.1. The molecule has 3 atom stereocenters. The van der Waals surface area contributed by atoms with Crippen LogP contribution >= 0.6 is 0 Å². The zero-order valence-corrected chi connectivity index (χ0v) is 14.3. The lowest BCUT2D eigenvalue weighted by Crippen LogP contribution is -2.51. The van der Waals surface area contributed by atoms with Crippen LogP contribution in [0.15, 0.2) is 24.3 Å². The number of hydrogen-bond donors (Lipinski definition) is 3. The number of aliphatic hydroxyl groups is 1. The van der Waals surface area contributed by atoms with Crippen molar-refractivity contribution in [3.63, 3.8) is 0 Å². The van der Waals surface area contributed by atoms with E-state index >= 15 is 0 Å². The van der Waals surface area contributed by atoms with Gasteiger partial charge in [-0.3, -0.25) is 9.59 Å². The van der Waals surface area contributed by atoms with E-state index < -0.39 is 6.10 Å². The number of halogens is 1. The van der Waals surface area contributed by atoms with Crippen molar-refractivity contribution < 1.29 is 23.8 Å². The van der Waals surface area contributed by atoms with Crippen LogP contribution in [0.5, 0.6) is 0 Å². The van der Waals surface area contributed by atoms with Crippen LogP contribution in [-0.4, -0.2) is 41.8 Å². The predicted octanol–water partition coefficient (Wildman–Crippen LogP) is 1.27. The van der Waals surface area contributed by atoms with Crippen molar-refractivity contribution in [2.24, 2.45) is 0 Å². The molecular weight excluding hydrogens is 327 g/mol. The second-order valence-corrected chi connectivity index (χ2v) is 6.16. The molecule has 1 aromatic carbocycles. The highest BCUT2D eigenvalue weighted by Crippen LogP contribution is 2.22. The predicted molar refractivity (Wildman–Crippen MR) is 90.1 cm³/mol. The van der Waals surface area contributed by atoms with Gasteiger partial charge in [0.2, 0.25) is 11.8 Å². The highest BCUT2D eigenvalue weighted by Gasteiger charge is 2.32. The summed E-state index contributed by atoms with van der Waals surface area (Å²) >= 11 is 0. The molecular formula is C18H25FN2O4. The van der Waals surface area contributed by atoms with E-state index in [1.54, 1.807) is 25.1 Å². The molecule has 0 aliphatic carbocycles. The Hall–Kier alpha value is -1.99. The summed E-state index contributed by atoms with van der Waals surface area (Å²) in [5.41, 5.74) is 0.427. The molecule has 25 heavy (non-hydrogen) atoms. The number of carbonyl (C=O) groups excluding carboxylic acids is 2. The van der Waals surface area contributed by atoms with Gasteiger partial charge < -0.3 is 20.5 Å². The average molecular weight is 352 g/mol. The van der Waals surface area contributed by atoms with Crippen molar-refractivity contribution in [2.45, 2.75) is 57.4 Å². The summed E-state index contributed by atoms with van der Waals surface area (Å²) in [6.07, 6.45) is 0.914. The molecule has 1 aromatic rings. The molecule has 2 amide bonds. The van der Waals surface area contributed by atoms with Crippen molar-refractivity contribution in [1.29, 1.82) is 0 Å². The summed E-state index contributed by atoms with van der Waals surface area (Å²) in [5.74, 6) is -0.680. The summed E-state index contributed by atoms with van der Waals surface area (Å²) in [6.45, 7) is 1.66. The molecule has 1 aliphatic rings. The Labute approximate surface area is 146 Å². The molecule has 0 unspecified atom stereocenters. The summed E-state index contributed by atoms with van der Waals surface area (Å²) in [6, 6.07) is 6.04. The molecule has 0 spiro atoms. The van der Waals surface area contributed by atoms with E-state index in [1.165, 1.54) is 6.07 Å². The standard InChI is InChI=1S/C18H25FN2O4/c1-2-17(23)21-15-8-7-13(25-16(15)11-22)9-18(24)20-10-12-5-3-4-6-14(12)19/h3-6,13,15-16,22H,2,7-11H2,1H3,(H,20,24)(H,21,23)/t13-,15-,16+/m1/s1. The van der Waals surface area contributed by atoms with Gasteiger partial charge in [0.25, 0.3) is 0 Å². The molecule has 138 valence electrons. The quantitative estimate of drug-likeness (QED) is 0.690. The maximum atomic E-state index is 13.5. The van der Waals surface area contributed by atoms with E-state index in [0.717, 1.165) is 0 Å². The van der Waals surface area contributed by atoms with Gasteiger partial charge in [-0.15, -0.1) is 0 Å². The van der Waals surface area contributed by atoms with Gasteiger partial charge in [-0.1, -0.05) is 25.1 Å². The zero-order chi connectivity index (χ0) is 18.2. The van der Waals surface area contributed by atoms with E-state index in [1.807, 2.05) is 0 Å². The summed E-state index contributed by atoms with van der Waals surface area (Å²) in [4.78, 5) is 23.6. The maximum Gasteiger partial charge on any atom is 0.222 e. The molecule has 1 heterocycles. The number of nitrogens with one attached hydrogen (secondary N) is 2. The fourth-order valence-corrected chi connectivity index (χ4v) is 2.87. The van der Waals surface area contributed by atoms with Gasteiger partial charge in [-0.2, -0.15) is 0 Å². The van der Waals surface area contributed by atoms with Crippen LogP contribution in [0.1, 0.15) is 38.2 Å². The largest absolute Gasteiger partial charge is 0.394 e. The molecule has 3 N–H and O–H groups in total. The SMILES string of the molecule is CCC(=O)N[C@@H]1CC[C@H](CC(=O)NCc2ccccc2F)O[C@H]1CO. The van der Waals surface area contributed by atoms with Gasteiger partial charge in [-0.05, 0) is 18.9 Å². The lowest BCUT2D eigenvalue weighted by molar-refractivity contribution is -0.135. The monoisotopic (exact) mass is 352 g/mol. The number of rotatable bonds is 7. The summed E-state index contributed by atoms with van der Waals surface area (Å²) in [5, 5.41) is 15.0. The minimum atomic E-state index is -0.520. The Balaban J connectivity index is 1.80. The number of ether oxygens (including phenoxy) is 1. The fraction of sp³-hybridized carbons (Fsp3) is 0.556. The minimum Gasteiger partial charge on any atom is -0.394 e. The Bertz CT molecular complexity index is 596. The third kappa shape index (κ3) is 5.79. The van der Waals surface area contributed by atoms with E-state index in [4.69, 9.17) is 4.74 Å². The smallest absolute Gasteiger partial charge is 0.222 e. The Morgan fingerprint density at radius 1 is 1.28 bits per heavy atom. The van der Waals surface area contributed by atoms with E-state index in [9.17, 15) is 19.1 Å². The van der Waals surface area contributed by atoms with Crippen LogP contribution in [0.25, 0.3) is 0 Å². The first-order valence-electron chi connectivity index (χ1n) is 8.59. The Kier molecular flexibility index (Phi) is 7.33. The first-order chi connectivity index (χ1) is 12.0. The molecule has 0 saturated carbocycles. The van der Waals surface area contributed by atoms with Crippen LogP contribution in [0.2, 0.25) is 0 Å². The van der Waals surface area contributed by atoms with E-state index in [2.05, 4.69) is 10.6 Å². The Morgan fingerprint density at radius 3 is 2.72 bits per heavy atom. The minimum absolute atomic E-state index is 0.0897. The number of benzene rings is 1. The lowest BCUT2D eigenvalue weighted by atomic mass is 9.96. The molecule has 1 saturated heterocycles. The molecule has 0 aromatic heterocycles. The zero-order valence-electron chi connectivity index (χ0n) is 14.3. The molecule has 0 radical (unpaired) electrons. The summed E-state index contributed by atoms with van der Waals surface area (Å²) in [7, 11) is 0. The third-order valence-corrected chi connectivity index (χ3v) is 4.31. The average Bonchev–Trinajstić information content (AvgIpc) is 2.62. The van der Waals surface area contributed by atoms with E-state index in [-0.39, 0.29) is 49.3 Å². The number of aliphatic hydroxyl groups excluding tert-OH is 1.